The maximum absolute atomic E-state index is 4.51. The highest BCUT2D eigenvalue weighted by Crippen LogP contribution is 2.37. The molecule has 108 valence electrons. The molecule has 3 heteroatoms. The molecule has 3 nitrogen and oxygen atoms in total. The van der Waals surface area contributed by atoms with E-state index in [0.29, 0.717) is 0 Å². The maximum atomic E-state index is 4.51. The van der Waals surface area contributed by atoms with Crippen LogP contribution in [-0.2, 0) is 6.54 Å². The van der Waals surface area contributed by atoms with Crippen molar-refractivity contribution in [2.24, 2.45) is 5.92 Å². The highest BCUT2D eigenvalue weighted by atomic mass is 15.3. The smallest absolute Gasteiger partial charge is 0.0524 e. The predicted molar refractivity (Wildman–Crippen MR) is 80.4 cm³/mol. The van der Waals surface area contributed by atoms with E-state index >= 15 is 0 Å². The van der Waals surface area contributed by atoms with Gasteiger partial charge < -0.3 is 5.32 Å². The van der Waals surface area contributed by atoms with Crippen LogP contribution < -0.4 is 5.32 Å². The van der Waals surface area contributed by atoms with Crippen LogP contribution in [0.2, 0.25) is 0 Å². The Morgan fingerprint density at radius 3 is 2.89 bits per heavy atom. The fourth-order valence-electron chi connectivity index (χ4n) is 3.28. The van der Waals surface area contributed by atoms with E-state index < -0.39 is 0 Å². The number of aromatic nitrogens is 2. The van der Waals surface area contributed by atoms with Gasteiger partial charge >= 0.3 is 0 Å². The molecular formula is C16H29N3. The number of nitrogens with zero attached hydrogens (tertiary/aromatic N) is 2. The summed E-state index contributed by atoms with van der Waals surface area (Å²) in [7, 11) is 0. The number of hydrogen-bond acceptors (Lipinski definition) is 2. The van der Waals surface area contributed by atoms with Crippen molar-refractivity contribution in [1.82, 2.24) is 15.1 Å². The molecule has 1 saturated carbocycles. The average molecular weight is 263 g/mol. The fraction of sp³-hybridized carbons (Fsp3) is 0.812. The molecule has 1 aromatic heterocycles. The van der Waals surface area contributed by atoms with Crippen molar-refractivity contribution in [3.63, 3.8) is 0 Å². The minimum Gasteiger partial charge on any atom is -0.316 e. The van der Waals surface area contributed by atoms with Crippen LogP contribution in [0.1, 0.15) is 63.9 Å². The zero-order valence-electron chi connectivity index (χ0n) is 12.6. The largest absolute Gasteiger partial charge is 0.316 e. The van der Waals surface area contributed by atoms with Crippen molar-refractivity contribution in [3.05, 3.63) is 18.0 Å². The van der Waals surface area contributed by atoms with Gasteiger partial charge in [0.15, 0.2) is 0 Å². The van der Waals surface area contributed by atoms with E-state index in [2.05, 4.69) is 41.3 Å². The topological polar surface area (TPSA) is 29.9 Å². The molecule has 0 amide bonds. The lowest BCUT2D eigenvalue weighted by Crippen LogP contribution is -2.29. The summed E-state index contributed by atoms with van der Waals surface area (Å²) in [5, 5.41) is 8.12. The SMILES string of the molecule is CCCNCC1CCCCC1c1cnn(CCC)c1. The lowest BCUT2D eigenvalue weighted by Gasteiger charge is -2.31. The van der Waals surface area contributed by atoms with Crippen LogP contribution >= 0.6 is 0 Å². The lowest BCUT2D eigenvalue weighted by molar-refractivity contribution is 0.296. The summed E-state index contributed by atoms with van der Waals surface area (Å²) in [4.78, 5) is 0. The van der Waals surface area contributed by atoms with Crippen LogP contribution in [0.5, 0.6) is 0 Å². The molecule has 19 heavy (non-hydrogen) atoms. The molecule has 1 aromatic rings. The minimum absolute atomic E-state index is 0.726. The van der Waals surface area contributed by atoms with E-state index in [1.165, 1.54) is 44.2 Å². The Balaban J connectivity index is 1.96. The first kappa shape index (κ1) is 14.6. The van der Waals surface area contributed by atoms with Gasteiger partial charge in [-0.15, -0.1) is 0 Å². The molecule has 1 aliphatic rings. The van der Waals surface area contributed by atoms with Gasteiger partial charge in [-0.3, -0.25) is 4.68 Å². The number of aryl methyl sites for hydroxylation is 1. The second kappa shape index (κ2) is 7.68. The van der Waals surface area contributed by atoms with E-state index in [1.54, 1.807) is 0 Å². The van der Waals surface area contributed by atoms with E-state index in [4.69, 9.17) is 0 Å². The molecule has 0 radical (unpaired) electrons. The van der Waals surface area contributed by atoms with Crippen molar-refractivity contribution < 1.29 is 0 Å². The van der Waals surface area contributed by atoms with Crippen LogP contribution in [-0.4, -0.2) is 22.9 Å². The van der Waals surface area contributed by atoms with Crippen LogP contribution in [0.4, 0.5) is 0 Å². The number of hydrogen-bond donors (Lipinski definition) is 1. The molecule has 0 bridgehead atoms. The van der Waals surface area contributed by atoms with Crippen molar-refractivity contribution >= 4 is 0 Å². The molecule has 0 aliphatic heterocycles. The molecule has 1 heterocycles. The van der Waals surface area contributed by atoms with Gasteiger partial charge in [-0.2, -0.15) is 5.10 Å². The second-order valence-electron chi connectivity index (χ2n) is 5.89. The van der Waals surface area contributed by atoms with E-state index in [1.807, 2.05) is 0 Å². The molecule has 0 saturated heterocycles. The molecule has 1 aliphatic carbocycles. The molecular weight excluding hydrogens is 234 g/mol. The fourth-order valence-corrected chi connectivity index (χ4v) is 3.28. The van der Waals surface area contributed by atoms with Crippen molar-refractivity contribution in [1.29, 1.82) is 0 Å². The average Bonchev–Trinajstić information content (AvgIpc) is 2.89. The molecule has 2 unspecified atom stereocenters. The Bertz CT molecular complexity index is 359. The Labute approximate surface area is 117 Å². The standard InChI is InChI=1S/C16H29N3/c1-3-9-17-11-14-7-5-6-8-16(14)15-12-18-19(13-15)10-4-2/h12-14,16-17H,3-11H2,1-2H3. The summed E-state index contributed by atoms with van der Waals surface area (Å²) in [6.45, 7) is 7.82. The number of rotatable bonds is 7. The summed E-state index contributed by atoms with van der Waals surface area (Å²) in [6.07, 6.45) is 12.3. The molecule has 1 fully saturated rings. The summed E-state index contributed by atoms with van der Waals surface area (Å²) >= 11 is 0. The predicted octanol–water partition coefficient (Wildman–Crippen LogP) is 3.57. The van der Waals surface area contributed by atoms with Gasteiger partial charge in [-0.05, 0) is 56.2 Å². The third-order valence-corrected chi connectivity index (χ3v) is 4.28. The van der Waals surface area contributed by atoms with Gasteiger partial charge in [0.05, 0.1) is 6.20 Å². The van der Waals surface area contributed by atoms with Crippen molar-refractivity contribution in [2.45, 2.75) is 64.8 Å². The van der Waals surface area contributed by atoms with E-state index in [0.717, 1.165) is 31.3 Å². The minimum atomic E-state index is 0.726. The van der Waals surface area contributed by atoms with Gasteiger partial charge in [-0.1, -0.05) is 26.7 Å². The van der Waals surface area contributed by atoms with E-state index in [9.17, 15) is 0 Å². The zero-order chi connectivity index (χ0) is 13.5. The van der Waals surface area contributed by atoms with Gasteiger partial charge in [-0.25, -0.2) is 0 Å². The van der Waals surface area contributed by atoms with Crippen LogP contribution in [0.3, 0.4) is 0 Å². The first-order chi connectivity index (χ1) is 9.35. The highest BCUT2D eigenvalue weighted by Gasteiger charge is 2.27. The van der Waals surface area contributed by atoms with Gasteiger partial charge in [0, 0.05) is 12.7 Å². The lowest BCUT2D eigenvalue weighted by atomic mass is 9.76. The van der Waals surface area contributed by atoms with Crippen LogP contribution in [0, 0.1) is 5.92 Å². The molecule has 2 atom stereocenters. The monoisotopic (exact) mass is 263 g/mol. The van der Waals surface area contributed by atoms with E-state index in [-0.39, 0.29) is 0 Å². The Morgan fingerprint density at radius 2 is 2.11 bits per heavy atom. The highest BCUT2D eigenvalue weighted by molar-refractivity contribution is 5.14. The Hall–Kier alpha value is -0.830. The maximum Gasteiger partial charge on any atom is 0.0524 e. The van der Waals surface area contributed by atoms with Crippen LogP contribution in [0.25, 0.3) is 0 Å². The van der Waals surface area contributed by atoms with Crippen LogP contribution in [0.15, 0.2) is 12.4 Å². The molecule has 0 aromatic carbocycles. The van der Waals surface area contributed by atoms with Crippen molar-refractivity contribution in [2.75, 3.05) is 13.1 Å². The quantitative estimate of drug-likeness (QED) is 0.762. The van der Waals surface area contributed by atoms with Gasteiger partial charge in [0.1, 0.15) is 0 Å². The number of nitrogens with one attached hydrogen (secondary N) is 1. The summed E-state index contributed by atoms with van der Waals surface area (Å²) in [5.41, 5.74) is 1.47. The third kappa shape index (κ3) is 4.07. The Kier molecular flexibility index (Phi) is 5.90. The summed E-state index contributed by atoms with van der Waals surface area (Å²) in [5.74, 6) is 1.53. The normalized spacial score (nSPS) is 23.7. The molecule has 2 rings (SSSR count). The summed E-state index contributed by atoms with van der Waals surface area (Å²) < 4.78 is 2.11. The summed E-state index contributed by atoms with van der Waals surface area (Å²) in [6, 6.07) is 0. The molecule has 1 N–H and O–H groups in total. The van der Waals surface area contributed by atoms with Gasteiger partial charge in [0.25, 0.3) is 0 Å². The zero-order valence-corrected chi connectivity index (χ0v) is 12.6. The second-order valence-corrected chi connectivity index (χ2v) is 5.89. The van der Waals surface area contributed by atoms with Crippen molar-refractivity contribution in [3.8, 4) is 0 Å². The van der Waals surface area contributed by atoms with Gasteiger partial charge in [0.2, 0.25) is 0 Å². The Morgan fingerprint density at radius 1 is 1.26 bits per heavy atom. The molecule has 0 spiro atoms. The third-order valence-electron chi connectivity index (χ3n) is 4.28. The first-order valence-electron chi connectivity index (χ1n) is 8.08. The first-order valence-corrected chi connectivity index (χ1v) is 8.08.